The Bertz CT molecular complexity index is 317. The number of ketones is 1. The molecule has 0 aromatic rings. The first-order valence-corrected chi connectivity index (χ1v) is 10.8. The van der Waals surface area contributed by atoms with Crippen LogP contribution in [0.4, 0.5) is 0 Å². The van der Waals surface area contributed by atoms with Crippen LogP contribution in [0.2, 0.25) is 0 Å². The number of rotatable bonds is 19. The zero-order valence-corrected chi connectivity index (χ0v) is 16.9. The van der Waals surface area contributed by atoms with Gasteiger partial charge in [-0.05, 0) is 13.3 Å². The zero-order chi connectivity index (χ0) is 18.8. The van der Waals surface area contributed by atoms with Gasteiger partial charge in [0.15, 0.2) is 17.4 Å². The summed E-state index contributed by atoms with van der Waals surface area (Å²) in [5, 5.41) is 8.95. The van der Waals surface area contributed by atoms with Gasteiger partial charge in [-0.2, -0.15) is 0 Å². The molecule has 4 heteroatoms. The number of unbranched alkanes of at least 4 members (excludes halogenated alkanes) is 15. The molecule has 0 aromatic heterocycles. The second-order valence-electron chi connectivity index (χ2n) is 7.59. The first-order chi connectivity index (χ1) is 12.1. The van der Waals surface area contributed by atoms with Crippen molar-refractivity contribution in [2.45, 2.75) is 123 Å². The van der Waals surface area contributed by atoms with E-state index < -0.39 is 11.9 Å². The molecule has 0 aliphatic rings. The maximum atomic E-state index is 11.2. The normalized spacial score (nSPS) is 11.8. The van der Waals surface area contributed by atoms with Crippen molar-refractivity contribution in [1.82, 2.24) is 0 Å². The lowest BCUT2D eigenvalue weighted by atomic mass is 9.97. The summed E-state index contributed by atoms with van der Waals surface area (Å²) in [6.45, 7) is 3.65. The fourth-order valence-electron chi connectivity index (χ4n) is 3.40. The lowest BCUT2D eigenvalue weighted by Crippen LogP contribution is -2.21. The maximum absolute atomic E-state index is 11.2. The number of carbonyl (C=O) groups is 2. The SMILES string of the molecule is CCCCCCCCCCCCCCCCCCC(C(C)=O)C(=O)O.[AlH3]. The molecule has 1 N–H and O–H groups in total. The molecule has 26 heavy (non-hydrogen) atoms. The summed E-state index contributed by atoms with van der Waals surface area (Å²) in [4.78, 5) is 22.1. The quantitative estimate of drug-likeness (QED) is 0.175. The van der Waals surface area contributed by atoms with Crippen molar-refractivity contribution in [3.8, 4) is 0 Å². The van der Waals surface area contributed by atoms with Crippen molar-refractivity contribution in [2.75, 3.05) is 0 Å². The van der Waals surface area contributed by atoms with Gasteiger partial charge in [0.25, 0.3) is 0 Å². The number of hydrogen-bond acceptors (Lipinski definition) is 2. The summed E-state index contributed by atoms with van der Waals surface area (Å²) in [6.07, 6.45) is 21.4. The average molecular weight is 385 g/mol. The van der Waals surface area contributed by atoms with Crippen LogP contribution in [0.25, 0.3) is 0 Å². The van der Waals surface area contributed by atoms with Gasteiger partial charge in [-0.25, -0.2) is 0 Å². The summed E-state index contributed by atoms with van der Waals surface area (Å²) in [5.41, 5.74) is 0. The molecule has 0 aliphatic heterocycles. The topological polar surface area (TPSA) is 54.4 Å². The van der Waals surface area contributed by atoms with E-state index in [9.17, 15) is 9.59 Å². The van der Waals surface area contributed by atoms with Crippen molar-refractivity contribution in [2.24, 2.45) is 5.92 Å². The van der Waals surface area contributed by atoms with Gasteiger partial charge in [-0.1, -0.05) is 110 Å². The van der Waals surface area contributed by atoms with E-state index in [0.29, 0.717) is 6.42 Å². The summed E-state index contributed by atoms with van der Waals surface area (Å²) in [5.74, 6) is -1.96. The number of hydrogen-bond donors (Lipinski definition) is 1. The Kier molecular flexibility index (Phi) is 22.5. The third kappa shape index (κ3) is 18.5. The molecule has 0 amide bonds. The van der Waals surface area contributed by atoms with Gasteiger partial charge in [0, 0.05) is 0 Å². The minimum atomic E-state index is -0.964. The van der Waals surface area contributed by atoms with Gasteiger partial charge < -0.3 is 5.11 Å². The second kappa shape index (κ2) is 21.0. The molecular formula is C22H45AlO3. The van der Waals surface area contributed by atoms with Crippen LogP contribution in [0.15, 0.2) is 0 Å². The monoisotopic (exact) mass is 384 g/mol. The Morgan fingerprint density at radius 3 is 1.23 bits per heavy atom. The highest BCUT2D eigenvalue weighted by atomic mass is 27.0. The Morgan fingerprint density at radius 2 is 0.962 bits per heavy atom. The standard InChI is InChI=1S/C22H42O3.Al.3H/c1-3-4-5-6-7-8-9-10-11-12-13-14-15-16-17-18-19-21(20(2)23)22(24)25;;;;/h21H,3-19H2,1-2H3,(H,24,25);;;;. The van der Waals surface area contributed by atoms with E-state index in [4.69, 9.17) is 5.11 Å². The van der Waals surface area contributed by atoms with Crippen LogP contribution in [-0.4, -0.2) is 34.2 Å². The van der Waals surface area contributed by atoms with Gasteiger partial charge in [-0.15, -0.1) is 0 Å². The molecule has 3 nitrogen and oxygen atoms in total. The first kappa shape index (κ1) is 27.9. The van der Waals surface area contributed by atoms with E-state index in [-0.39, 0.29) is 23.1 Å². The third-order valence-electron chi connectivity index (χ3n) is 5.14. The third-order valence-corrected chi connectivity index (χ3v) is 5.14. The van der Waals surface area contributed by atoms with Crippen molar-refractivity contribution in [3.05, 3.63) is 0 Å². The first-order valence-electron chi connectivity index (χ1n) is 10.8. The Labute approximate surface area is 172 Å². The van der Waals surface area contributed by atoms with E-state index >= 15 is 0 Å². The zero-order valence-electron chi connectivity index (χ0n) is 16.9. The summed E-state index contributed by atoms with van der Waals surface area (Å²) < 4.78 is 0. The molecule has 0 saturated heterocycles. The lowest BCUT2D eigenvalue weighted by molar-refractivity contribution is -0.146. The van der Waals surface area contributed by atoms with Crippen LogP contribution in [-0.2, 0) is 9.59 Å². The Morgan fingerprint density at radius 1 is 0.654 bits per heavy atom. The number of carboxylic acid groups (broad SMARTS) is 1. The molecule has 0 heterocycles. The van der Waals surface area contributed by atoms with Crippen molar-refractivity contribution in [3.63, 3.8) is 0 Å². The number of carbonyl (C=O) groups excluding carboxylic acids is 1. The molecule has 0 bridgehead atoms. The molecule has 1 unspecified atom stereocenters. The molecule has 154 valence electrons. The summed E-state index contributed by atoms with van der Waals surface area (Å²) >= 11 is 0. The molecule has 0 aromatic carbocycles. The largest absolute Gasteiger partial charge is 0.481 e. The fraction of sp³-hybridized carbons (Fsp3) is 0.909. The number of Topliss-reactive ketones (excluding diaryl/α,β-unsaturated/α-hetero) is 1. The summed E-state index contributed by atoms with van der Waals surface area (Å²) in [7, 11) is 0. The minimum absolute atomic E-state index is 0. The predicted molar refractivity (Wildman–Crippen MR) is 116 cm³/mol. The molecule has 0 aliphatic carbocycles. The van der Waals surface area contributed by atoms with Crippen molar-refractivity contribution >= 4 is 29.1 Å². The van der Waals surface area contributed by atoms with Crippen LogP contribution < -0.4 is 0 Å². The van der Waals surface area contributed by atoms with E-state index in [1.54, 1.807) is 0 Å². The smallest absolute Gasteiger partial charge is 0.314 e. The van der Waals surface area contributed by atoms with Gasteiger partial charge in [0.05, 0.1) is 0 Å². The van der Waals surface area contributed by atoms with Crippen molar-refractivity contribution in [1.29, 1.82) is 0 Å². The Hall–Kier alpha value is -0.328. The number of aliphatic carboxylic acids is 1. The van der Waals surface area contributed by atoms with E-state index in [0.717, 1.165) is 12.8 Å². The van der Waals surface area contributed by atoms with Crippen LogP contribution >= 0.6 is 0 Å². The maximum Gasteiger partial charge on any atom is 0.314 e. The van der Waals surface area contributed by atoms with E-state index in [1.165, 1.54) is 96.8 Å². The molecular weight excluding hydrogens is 339 g/mol. The van der Waals surface area contributed by atoms with Crippen LogP contribution in [0.1, 0.15) is 123 Å². The average Bonchev–Trinajstić information content (AvgIpc) is 2.57. The lowest BCUT2D eigenvalue weighted by Gasteiger charge is -2.08. The molecule has 0 fully saturated rings. The number of carboxylic acids is 1. The molecule has 0 saturated carbocycles. The molecule has 0 rings (SSSR count). The van der Waals surface area contributed by atoms with Gasteiger partial charge in [-0.3, -0.25) is 9.59 Å². The molecule has 1 atom stereocenters. The van der Waals surface area contributed by atoms with Crippen LogP contribution in [0.3, 0.4) is 0 Å². The molecule has 0 spiro atoms. The van der Waals surface area contributed by atoms with Crippen LogP contribution in [0, 0.1) is 5.92 Å². The Balaban J connectivity index is 0. The highest BCUT2D eigenvalue weighted by Crippen LogP contribution is 2.16. The fourth-order valence-corrected chi connectivity index (χ4v) is 3.40. The van der Waals surface area contributed by atoms with Crippen LogP contribution in [0.5, 0.6) is 0 Å². The predicted octanol–water partition coefficient (Wildman–Crippen LogP) is 5.74. The minimum Gasteiger partial charge on any atom is -0.481 e. The van der Waals surface area contributed by atoms with Gasteiger partial charge in [0.1, 0.15) is 11.7 Å². The molecule has 0 radical (unpaired) electrons. The van der Waals surface area contributed by atoms with E-state index in [2.05, 4.69) is 6.92 Å². The second-order valence-corrected chi connectivity index (χ2v) is 7.59. The van der Waals surface area contributed by atoms with Crippen molar-refractivity contribution < 1.29 is 14.7 Å². The van der Waals surface area contributed by atoms with Gasteiger partial charge >= 0.3 is 5.97 Å². The highest BCUT2D eigenvalue weighted by Gasteiger charge is 2.21. The van der Waals surface area contributed by atoms with Gasteiger partial charge in [0.2, 0.25) is 0 Å². The van der Waals surface area contributed by atoms with E-state index in [1.807, 2.05) is 0 Å². The highest BCUT2D eigenvalue weighted by molar-refractivity contribution is 5.96. The summed E-state index contributed by atoms with van der Waals surface area (Å²) in [6, 6.07) is 0.